The lowest BCUT2D eigenvalue weighted by atomic mass is 10.1. The molecule has 0 aromatic heterocycles. The third-order valence-corrected chi connectivity index (χ3v) is 4.34. The van der Waals surface area contributed by atoms with Crippen LogP contribution in [0.2, 0.25) is 0 Å². The van der Waals surface area contributed by atoms with Gasteiger partial charge in [0.2, 0.25) is 0 Å². The van der Waals surface area contributed by atoms with E-state index in [9.17, 15) is 0 Å². The molecule has 1 atom stereocenters. The molecule has 0 heterocycles. The molecule has 0 spiro atoms. The second-order valence-electron chi connectivity index (χ2n) is 4.70. The average molecular weight is 281 g/mol. The average Bonchev–Trinajstić information content (AvgIpc) is 2.47. The highest BCUT2D eigenvalue weighted by atomic mass is 32.2. The molecule has 0 bridgehead atoms. The van der Waals surface area contributed by atoms with E-state index in [1.165, 1.54) is 30.6 Å². The van der Waals surface area contributed by atoms with Crippen molar-refractivity contribution in [3.8, 4) is 5.75 Å². The van der Waals surface area contributed by atoms with E-state index < -0.39 is 0 Å². The highest BCUT2D eigenvalue weighted by Crippen LogP contribution is 2.29. The number of rotatable bonds is 10. The van der Waals surface area contributed by atoms with Crippen molar-refractivity contribution in [2.45, 2.75) is 50.5 Å². The van der Waals surface area contributed by atoms with Crippen molar-refractivity contribution >= 4 is 11.8 Å². The fourth-order valence-electron chi connectivity index (χ4n) is 2.05. The van der Waals surface area contributed by atoms with Gasteiger partial charge in [0.25, 0.3) is 0 Å². The van der Waals surface area contributed by atoms with Crippen LogP contribution >= 0.6 is 11.8 Å². The molecule has 19 heavy (non-hydrogen) atoms. The standard InChI is InChI=1S/C16H27NOS/c1-4-12-17-14(5-2)9-8-13-19-16-11-7-6-10-15(16)18-3/h6-7,10-11,14,17H,4-5,8-9,12-13H2,1-3H3. The van der Waals surface area contributed by atoms with E-state index in [-0.39, 0.29) is 0 Å². The molecule has 0 radical (unpaired) electrons. The third kappa shape index (κ3) is 6.35. The molecule has 1 aromatic carbocycles. The van der Waals surface area contributed by atoms with Crippen molar-refractivity contribution in [2.75, 3.05) is 19.4 Å². The predicted octanol–water partition coefficient (Wildman–Crippen LogP) is 4.35. The second kappa shape index (κ2) is 10.2. The van der Waals surface area contributed by atoms with Gasteiger partial charge >= 0.3 is 0 Å². The van der Waals surface area contributed by atoms with Gasteiger partial charge < -0.3 is 10.1 Å². The van der Waals surface area contributed by atoms with Gasteiger partial charge in [-0.2, -0.15) is 0 Å². The summed E-state index contributed by atoms with van der Waals surface area (Å²) in [4.78, 5) is 1.25. The second-order valence-corrected chi connectivity index (χ2v) is 5.84. The Morgan fingerprint density at radius 1 is 1.26 bits per heavy atom. The molecule has 1 aromatic rings. The molecule has 1 N–H and O–H groups in total. The van der Waals surface area contributed by atoms with Crippen molar-refractivity contribution in [2.24, 2.45) is 0 Å². The van der Waals surface area contributed by atoms with Crippen LogP contribution in [-0.4, -0.2) is 25.4 Å². The van der Waals surface area contributed by atoms with Crippen molar-refractivity contribution in [1.29, 1.82) is 0 Å². The van der Waals surface area contributed by atoms with E-state index in [1.54, 1.807) is 7.11 Å². The van der Waals surface area contributed by atoms with Crippen LogP contribution in [0.5, 0.6) is 5.75 Å². The maximum absolute atomic E-state index is 5.36. The number of hydrogen-bond acceptors (Lipinski definition) is 3. The molecule has 1 unspecified atom stereocenters. The van der Waals surface area contributed by atoms with Crippen LogP contribution in [-0.2, 0) is 0 Å². The quantitative estimate of drug-likeness (QED) is 0.509. The molecule has 0 saturated heterocycles. The van der Waals surface area contributed by atoms with Gasteiger partial charge in [-0.05, 0) is 50.1 Å². The summed E-state index contributed by atoms with van der Waals surface area (Å²) >= 11 is 1.90. The summed E-state index contributed by atoms with van der Waals surface area (Å²) in [5, 5.41) is 3.61. The van der Waals surface area contributed by atoms with E-state index in [4.69, 9.17) is 4.74 Å². The molecule has 108 valence electrons. The fraction of sp³-hybridized carbons (Fsp3) is 0.625. The Morgan fingerprint density at radius 2 is 2.05 bits per heavy atom. The lowest BCUT2D eigenvalue weighted by Gasteiger charge is -2.16. The number of nitrogens with one attached hydrogen (secondary N) is 1. The smallest absolute Gasteiger partial charge is 0.132 e. The number of methoxy groups -OCH3 is 1. The Balaban J connectivity index is 2.26. The molecule has 0 aliphatic carbocycles. The minimum atomic E-state index is 0.679. The zero-order chi connectivity index (χ0) is 13.9. The van der Waals surface area contributed by atoms with E-state index in [0.29, 0.717) is 6.04 Å². The maximum atomic E-state index is 5.36. The Bertz CT molecular complexity index is 343. The first-order valence-corrected chi connectivity index (χ1v) is 8.29. The van der Waals surface area contributed by atoms with Crippen LogP contribution in [0.25, 0.3) is 0 Å². The van der Waals surface area contributed by atoms with E-state index in [2.05, 4.69) is 31.3 Å². The van der Waals surface area contributed by atoms with Gasteiger partial charge in [0.05, 0.1) is 7.11 Å². The summed E-state index contributed by atoms with van der Waals surface area (Å²) in [7, 11) is 1.74. The van der Waals surface area contributed by atoms with Crippen LogP contribution in [0, 0.1) is 0 Å². The maximum Gasteiger partial charge on any atom is 0.132 e. The predicted molar refractivity (Wildman–Crippen MR) is 85.3 cm³/mol. The number of hydrogen-bond donors (Lipinski definition) is 1. The lowest BCUT2D eigenvalue weighted by Crippen LogP contribution is -2.29. The van der Waals surface area contributed by atoms with E-state index in [0.717, 1.165) is 18.0 Å². The SMILES string of the molecule is CCCNC(CC)CCCSc1ccccc1OC. The summed E-state index contributed by atoms with van der Waals surface area (Å²) < 4.78 is 5.36. The fourth-order valence-corrected chi connectivity index (χ4v) is 3.05. The summed E-state index contributed by atoms with van der Waals surface area (Å²) in [6, 6.07) is 8.93. The Morgan fingerprint density at radius 3 is 2.74 bits per heavy atom. The first-order valence-electron chi connectivity index (χ1n) is 7.31. The molecule has 2 nitrogen and oxygen atoms in total. The van der Waals surface area contributed by atoms with Gasteiger partial charge in [0.15, 0.2) is 0 Å². The van der Waals surface area contributed by atoms with Crippen molar-refractivity contribution in [3.05, 3.63) is 24.3 Å². The molecule has 0 amide bonds. The molecule has 0 aliphatic heterocycles. The van der Waals surface area contributed by atoms with Crippen LogP contribution in [0.3, 0.4) is 0 Å². The zero-order valence-corrected chi connectivity index (χ0v) is 13.3. The number of ether oxygens (including phenoxy) is 1. The highest BCUT2D eigenvalue weighted by Gasteiger charge is 2.06. The molecule has 1 rings (SSSR count). The molecule has 0 aliphatic rings. The highest BCUT2D eigenvalue weighted by molar-refractivity contribution is 7.99. The van der Waals surface area contributed by atoms with Crippen molar-refractivity contribution < 1.29 is 4.74 Å². The first-order chi connectivity index (χ1) is 9.31. The minimum Gasteiger partial charge on any atom is -0.496 e. The molecule has 0 saturated carbocycles. The van der Waals surface area contributed by atoms with Crippen molar-refractivity contribution in [1.82, 2.24) is 5.32 Å². The minimum absolute atomic E-state index is 0.679. The molecular weight excluding hydrogens is 254 g/mol. The van der Waals surface area contributed by atoms with Gasteiger partial charge in [-0.15, -0.1) is 11.8 Å². The van der Waals surface area contributed by atoms with E-state index in [1.807, 2.05) is 23.9 Å². The van der Waals surface area contributed by atoms with Gasteiger partial charge in [0.1, 0.15) is 5.75 Å². The largest absolute Gasteiger partial charge is 0.496 e. The molecular formula is C16H27NOS. The van der Waals surface area contributed by atoms with Crippen LogP contribution in [0.1, 0.15) is 39.5 Å². The number of benzene rings is 1. The third-order valence-electron chi connectivity index (χ3n) is 3.20. The monoisotopic (exact) mass is 281 g/mol. The summed E-state index contributed by atoms with van der Waals surface area (Å²) in [6.45, 7) is 5.62. The Labute approximate surface area is 122 Å². The van der Waals surface area contributed by atoms with Gasteiger partial charge in [-0.25, -0.2) is 0 Å². The van der Waals surface area contributed by atoms with Gasteiger partial charge in [-0.3, -0.25) is 0 Å². The molecule has 3 heteroatoms. The summed E-state index contributed by atoms with van der Waals surface area (Å²) in [5.41, 5.74) is 0. The van der Waals surface area contributed by atoms with Crippen LogP contribution < -0.4 is 10.1 Å². The molecule has 0 fully saturated rings. The Kier molecular flexibility index (Phi) is 8.76. The Hall–Kier alpha value is -0.670. The lowest BCUT2D eigenvalue weighted by molar-refractivity contribution is 0.405. The normalized spacial score (nSPS) is 12.4. The summed E-state index contributed by atoms with van der Waals surface area (Å²) in [6.07, 6.45) is 4.95. The zero-order valence-electron chi connectivity index (χ0n) is 12.4. The van der Waals surface area contributed by atoms with Gasteiger partial charge in [0, 0.05) is 10.9 Å². The van der Waals surface area contributed by atoms with Crippen LogP contribution in [0.15, 0.2) is 29.2 Å². The summed E-state index contributed by atoms with van der Waals surface area (Å²) in [5.74, 6) is 2.15. The van der Waals surface area contributed by atoms with E-state index >= 15 is 0 Å². The van der Waals surface area contributed by atoms with Gasteiger partial charge in [-0.1, -0.05) is 26.0 Å². The van der Waals surface area contributed by atoms with Crippen molar-refractivity contribution in [3.63, 3.8) is 0 Å². The topological polar surface area (TPSA) is 21.3 Å². The number of thioether (sulfide) groups is 1. The van der Waals surface area contributed by atoms with Crippen LogP contribution in [0.4, 0.5) is 0 Å². The number of para-hydroxylation sites is 1. The first kappa shape index (κ1) is 16.4.